The van der Waals surface area contributed by atoms with Crippen molar-refractivity contribution in [2.24, 2.45) is 0 Å². The van der Waals surface area contributed by atoms with Crippen molar-refractivity contribution >= 4 is 5.97 Å². The first kappa shape index (κ1) is 27.3. The highest BCUT2D eigenvalue weighted by Gasteiger charge is 2.22. The van der Waals surface area contributed by atoms with Gasteiger partial charge in [0.15, 0.2) is 6.61 Å². The van der Waals surface area contributed by atoms with E-state index in [9.17, 15) is 9.90 Å². The Morgan fingerprint density at radius 1 is 0.806 bits per heavy atom. The van der Waals surface area contributed by atoms with Crippen molar-refractivity contribution in [3.63, 3.8) is 0 Å². The summed E-state index contributed by atoms with van der Waals surface area (Å²) < 4.78 is 10.9. The van der Waals surface area contributed by atoms with Gasteiger partial charge in [0.25, 0.3) is 0 Å². The lowest BCUT2D eigenvalue weighted by Gasteiger charge is -2.26. The lowest BCUT2D eigenvalue weighted by molar-refractivity contribution is -0.157. The molecule has 4 nitrogen and oxygen atoms in total. The summed E-state index contributed by atoms with van der Waals surface area (Å²) >= 11 is 0. The molecular formula is C32H40O4. The Kier molecular flexibility index (Phi) is 9.58. The van der Waals surface area contributed by atoms with Crippen molar-refractivity contribution in [3.05, 3.63) is 95.6 Å². The molecule has 0 fully saturated rings. The van der Waals surface area contributed by atoms with Crippen molar-refractivity contribution < 1.29 is 19.4 Å². The Bertz CT molecular complexity index is 1070. The zero-order chi connectivity index (χ0) is 26.1. The number of hydrogen-bond acceptors (Lipinski definition) is 4. The van der Waals surface area contributed by atoms with E-state index >= 15 is 0 Å². The second-order valence-electron chi connectivity index (χ2n) is 10.6. The first-order chi connectivity index (χ1) is 17.1. The van der Waals surface area contributed by atoms with Crippen LogP contribution < -0.4 is 4.74 Å². The van der Waals surface area contributed by atoms with Crippen LogP contribution in [0.5, 0.6) is 11.5 Å². The largest absolute Gasteiger partial charge is 0.508 e. The molecule has 0 aromatic heterocycles. The molecule has 4 heteroatoms. The molecule has 3 rings (SSSR count). The van der Waals surface area contributed by atoms with Gasteiger partial charge in [-0.1, -0.05) is 68.4 Å². The Morgan fingerprint density at radius 2 is 1.39 bits per heavy atom. The summed E-state index contributed by atoms with van der Waals surface area (Å²) in [6.45, 7) is 9.94. The van der Waals surface area contributed by atoms with Crippen molar-refractivity contribution in [1.29, 1.82) is 0 Å². The second kappa shape index (κ2) is 12.6. The Balaban J connectivity index is 1.69. The molecule has 1 N–H and O–H groups in total. The van der Waals surface area contributed by atoms with Gasteiger partial charge < -0.3 is 14.6 Å². The third kappa shape index (κ3) is 8.44. The van der Waals surface area contributed by atoms with E-state index in [1.54, 1.807) is 12.1 Å². The molecule has 0 heterocycles. The van der Waals surface area contributed by atoms with Gasteiger partial charge in [-0.2, -0.15) is 0 Å². The normalized spacial score (nSPS) is 14.0. The number of carbonyl (C=O) groups excluding carboxylic acids is 1. The fraction of sp³-hybridized carbons (Fsp3) is 0.406. The van der Waals surface area contributed by atoms with Crippen molar-refractivity contribution in [2.75, 3.05) is 6.61 Å². The fourth-order valence-corrected chi connectivity index (χ4v) is 4.69. The highest BCUT2D eigenvalue weighted by atomic mass is 16.6. The summed E-state index contributed by atoms with van der Waals surface area (Å²) in [4.78, 5) is 11.9. The molecule has 0 saturated heterocycles. The molecule has 0 saturated carbocycles. The first-order valence-electron chi connectivity index (χ1n) is 12.9. The number of carbonyl (C=O) groups is 1. The van der Waals surface area contributed by atoms with Gasteiger partial charge in [-0.3, -0.25) is 0 Å². The zero-order valence-corrected chi connectivity index (χ0v) is 22.2. The van der Waals surface area contributed by atoms with Gasteiger partial charge in [0.2, 0.25) is 0 Å². The van der Waals surface area contributed by atoms with Gasteiger partial charge in [-0.05, 0) is 98.7 Å². The van der Waals surface area contributed by atoms with Crippen LogP contribution in [0, 0.1) is 0 Å². The first-order valence-corrected chi connectivity index (χ1v) is 12.9. The van der Waals surface area contributed by atoms with E-state index in [4.69, 9.17) is 9.47 Å². The minimum atomic E-state index is -0.523. The smallest absolute Gasteiger partial charge is 0.344 e. The molecule has 0 amide bonds. The van der Waals surface area contributed by atoms with E-state index in [0.717, 1.165) is 19.3 Å². The minimum absolute atomic E-state index is 0.104. The molecule has 3 aromatic rings. The molecule has 0 aliphatic carbocycles. The lowest BCUT2D eigenvalue weighted by atomic mass is 9.78. The summed E-state index contributed by atoms with van der Waals surface area (Å²) in [5, 5.41) is 9.82. The van der Waals surface area contributed by atoms with Crippen LogP contribution in [0.15, 0.2) is 78.9 Å². The highest BCUT2D eigenvalue weighted by Crippen LogP contribution is 2.39. The topological polar surface area (TPSA) is 55.8 Å². The molecule has 0 aliphatic rings. The van der Waals surface area contributed by atoms with E-state index in [2.05, 4.69) is 68.4 Å². The zero-order valence-electron chi connectivity index (χ0n) is 22.2. The number of benzene rings is 3. The molecule has 3 atom stereocenters. The van der Waals surface area contributed by atoms with Crippen LogP contribution in [0.3, 0.4) is 0 Å². The van der Waals surface area contributed by atoms with Gasteiger partial charge in [0, 0.05) is 0 Å². The van der Waals surface area contributed by atoms with Crippen molar-refractivity contribution in [2.45, 2.75) is 77.2 Å². The van der Waals surface area contributed by atoms with E-state index in [1.165, 1.54) is 16.7 Å². The van der Waals surface area contributed by atoms with Crippen molar-refractivity contribution in [3.8, 4) is 11.5 Å². The molecule has 3 unspecified atom stereocenters. The predicted molar refractivity (Wildman–Crippen MR) is 146 cm³/mol. The molecule has 0 radical (unpaired) electrons. The molecule has 192 valence electrons. The SMILES string of the molecule is CCC(CC(CC(C)c1ccc(OCC(=O)OC(C)(C)C)cc1)c1ccc(O)cc1)c1ccccc1. The van der Waals surface area contributed by atoms with Crippen LogP contribution in [0.2, 0.25) is 0 Å². The third-order valence-corrected chi connectivity index (χ3v) is 6.56. The highest BCUT2D eigenvalue weighted by molar-refractivity contribution is 5.71. The summed E-state index contributed by atoms with van der Waals surface area (Å²) in [5.41, 5.74) is 3.34. The number of phenols is 1. The maximum Gasteiger partial charge on any atom is 0.344 e. The summed E-state index contributed by atoms with van der Waals surface area (Å²) in [7, 11) is 0. The monoisotopic (exact) mass is 488 g/mol. The minimum Gasteiger partial charge on any atom is -0.508 e. The average molecular weight is 489 g/mol. The third-order valence-electron chi connectivity index (χ3n) is 6.56. The summed E-state index contributed by atoms with van der Waals surface area (Å²) in [6, 6.07) is 26.4. The molecule has 0 bridgehead atoms. The number of hydrogen-bond donors (Lipinski definition) is 1. The maximum atomic E-state index is 11.9. The van der Waals surface area contributed by atoms with Crippen LogP contribution in [0.4, 0.5) is 0 Å². The van der Waals surface area contributed by atoms with Gasteiger partial charge >= 0.3 is 5.97 Å². The molecular weight excluding hydrogens is 448 g/mol. The molecule has 36 heavy (non-hydrogen) atoms. The van der Waals surface area contributed by atoms with Crippen LogP contribution in [0.1, 0.15) is 88.3 Å². The van der Waals surface area contributed by atoms with Crippen LogP contribution in [0.25, 0.3) is 0 Å². The van der Waals surface area contributed by atoms with E-state index in [-0.39, 0.29) is 12.6 Å². The Morgan fingerprint density at radius 3 is 1.97 bits per heavy atom. The van der Waals surface area contributed by atoms with E-state index in [1.807, 2.05) is 32.9 Å². The molecule has 0 spiro atoms. The van der Waals surface area contributed by atoms with Gasteiger partial charge in [0.1, 0.15) is 17.1 Å². The van der Waals surface area contributed by atoms with Crippen LogP contribution in [-0.2, 0) is 9.53 Å². The number of esters is 1. The number of aromatic hydroxyl groups is 1. The lowest BCUT2D eigenvalue weighted by Crippen LogP contribution is -2.27. The summed E-state index contributed by atoms with van der Waals surface area (Å²) in [6.07, 6.45) is 3.12. The van der Waals surface area contributed by atoms with Gasteiger partial charge in [-0.25, -0.2) is 4.79 Å². The van der Waals surface area contributed by atoms with Gasteiger partial charge in [-0.15, -0.1) is 0 Å². The summed E-state index contributed by atoms with van der Waals surface area (Å²) in [5.74, 6) is 1.73. The Hall–Kier alpha value is -3.27. The molecule has 0 aliphatic heterocycles. The van der Waals surface area contributed by atoms with Gasteiger partial charge in [0.05, 0.1) is 0 Å². The van der Waals surface area contributed by atoms with E-state index in [0.29, 0.717) is 29.3 Å². The van der Waals surface area contributed by atoms with Crippen LogP contribution >= 0.6 is 0 Å². The van der Waals surface area contributed by atoms with E-state index < -0.39 is 5.60 Å². The number of phenolic OH excluding ortho intramolecular Hbond substituents is 1. The fourth-order valence-electron chi connectivity index (χ4n) is 4.69. The average Bonchev–Trinajstić information content (AvgIpc) is 2.85. The quantitative estimate of drug-likeness (QED) is 0.278. The van der Waals surface area contributed by atoms with Crippen molar-refractivity contribution in [1.82, 2.24) is 0 Å². The maximum absolute atomic E-state index is 11.9. The Labute approximate surface area is 216 Å². The number of rotatable bonds is 11. The standard InChI is InChI=1S/C32H40O4/c1-6-24(26-10-8-7-9-11-26)21-28(27-12-16-29(33)17-13-27)20-23(2)25-14-18-30(19-15-25)35-22-31(34)36-32(3,4)5/h7-19,23-24,28,33H,6,20-22H2,1-5H3. The predicted octanol–water partition coefficient (Wildman–Crippen LogP) is 7.97. The number of ether oxygens (including phenoxy) is 2. The van der Waals surface area contributed by atoms with Crippen LogP contribution in [-0.4, -0.2) is 23.3 Å². The molecule has 3 aromatic carbocycles. The second-order valence-corrected chi connectivity index (χ2v) is 10.6.